The van der Waals surface area contributed by atoms with Crippen molar-refractivity contribution in [1.29, 1.82) is 0 Å². The average molecular weight is 258 g/mol. The van der Waals surface area contributed by atoms with Crippen LogP contribution in [0.3, 0.4) is 0 Å². The molecule has 0 saturated carbocycles. The molecule has 0 bridgehead atoms. The highest BCUT2D eigenvalue weighted by Crippen LogP contribution is 2.27. The highest BCUT2D eigenvalue weighted by Gasteiger charge is 2.18. The molecule has 0 saturated heterocycles. The van der Waals surface area contributed by atoms with E-state index >= 15 is 0 Å². The van der Waals surface area contributed by atoms with E-state index in [-0.39, 0.29) is 0 Å². The van der Waals surface area contributed by atoms with Crippen LogP contribution in [0.4, 0.5) is 0 Å². The van der Waals surface area contributed by atoms with Gasteiger partial charge < -0.3 is 9.84 Å². The minimum absolute atomic E-state index is 0.625. The third kappa shape index (κ3) is 2.29. The number of fused-ring (bicyclic) bond motifs is 1. The number of aryl methyl sites for hydroxylation is 1. The van der Waals surface area contributed by atoms with Gasteiger partial charge in [-0.1, -0.05) is 25.1 Å². The Bertz CT molecular complexity index is 577. The van der Waals surface area contributed by atoms with Crippen LogP contribution in [0.15, 0.2) is 30.5 Å². The SMILES string of the molecule is CCCn1nccc1C(O)c1ccc2c(c1)COC2. The van der Waals surface area contributed by atoms with Crippen molar-refractivity contribution in [3.05, 3.63) is 52.8 Å². The third-order valence-electron chi connectivity index (χ3n) is 3.53. The summed E-state index contributed by atoms with van der Waals surface area (Å²) < 4.78 is 7.27. The fourth-order valence-corrected chi connectivity index (χ4v) is 2.51. The molecular weight excluding hydrogens is 240 g/mol. The Morgan fingerprint density at radius 2 is 2.16 bits per heavy atom. The molecule has 19 heavy (non-hydrogen) atoms. The summed E-state index contributed by atoms with van der Waals surface area (Å²) in [5.74, 6) is 0. The smallest absolute Gasteiger partial charge is 0.121 e. The van der Waals surface area contributed by atoms with Gasteiger partial charge >= 0.3 is 0 Å². The summed E-state index contributed by atoms with van der Waals surface area (Å²) >= 11 is 0. The lowest BCUT2D eigenvalue weighted by Gasteiger charge is -2.14. The maximum atomic E-state index is 10.5. The normalized spacial score (nSPS) is 15.5. The van der Waals surface area contributed by atoms with Crippen LogP contribution in [-0.2, 0) is 24.5 Å². The van der Waals surface area contributed by atoms with Crippen LogP contribution >= 0.6 is 0 Å². The molecule has 0 spiro atoms. The quantitative estimate of drug-likeness (QED) is 0.916. The van der Waals surface area contributed by atoms with E-state index in [1.165, 1.54) is 11.1 Å². The zero-order chi connectivity index (χ0) is 13.2. The number of ether oxygens (including phenoxy) is 1. The molecule has 100 valence electrons. The number of aliphatic hydroxyl groups excluding tert-OH is 1. The predicted octanol–water partition coefficient (Wildman–Crippen LogP) is 2.41. The van der Waals surface area contributed by atoms with Crippen LogP contribution in [0, 0.1) is 0 Å². The summed E-state index contributed by atoms with van der Waals surface area (Å²) in [5, 5.41) is 14.8. The summed E-state index contributed by atoms with van der Waals surface area (Å²) in [6.45, 7) is 4.25. The van der Waals surface area contributed by atoms with Gasteiger partial charge in [0.05, 0.1) is 18.9 Å². The molecule has 0 fully saturated rings. The average Bonchev–Trinajstić information content (AvgIpc) is 3.05. The number of rotatable bonds is 4. The van der Waals surface area contributed by atoms with Gasteiger partial charge in [0.15, 0.2) is 0 Å². The lowest BCUT2D eigenvalue weighted by atomic mass is 10.0. The van der Waals surface area contributed by atoms with Crippen molar-refractivity contribution >= 4 is 0 Å². The molecule has 1 atom stereocenters. The van der Waals surface area contributed by atoms with Crippen molar-refractivity contribution in [1.82, 2.24) is 9.78 Å². The van der Waals surface area contributed by atoms with Gasteiger partial charge in [-0.15, -0.1) is 0 Å². The maximum absolute atomic E-state index is 10.5. The van der Waals surface area contributed by atoms with Crippen molar-refractivity contribution in [3.63, 3.8) is 0 Å². The highest BCUT2D eigenvalue weighted by atomic mass is 16.5. The highest BCUT2D eigenvalue weighted by molar-refractivity contribution is 5.36. The zero-order valence-electron chi connectivity index (χ0n) is 11.0. The molecule has 2 aromatic rings. The van der Waals surface area contributed by atoms with E-state index in [0.717, 1.165) is 24.2 Å². The molecule has 2 heterocycles. The first-order chi connectivity index (χ1) is 9.29. The van der Waals surface area contributed by atoms with E-state index in [1.807, 2.05) is 28.9 Å². The van der Waals surface area contributed by atoms with Crippen LogP contribution in [0.5, 0.6) is 0 Å². The van der Waals surface area contributed by atoms with Crippen LogP contribution < -0.4 is 0 Å². The first-order valence-electron chi connectivity index (χ1n) is 6.69. The molecule has 1 aliphatic rings. The lowest BCUT2D eigenvalue weighted by Crippen LogP contribution is -2.10. The van der Waals surface area contributed by atoms with Crippen LogP contribution in [0.2, 0.25) is 0 Å². The third-order valence-corrected chi connectivity index (χ3v) is 3.53. The first-order valence-corrected chi connectivity index (χ1v) is 6.69. The van der Waals surface area contributed by atoms with Gasteiger partial charge in [-0.05, 0) is 29.2 Å². The summed E-state index contributed by atoms with van der Waals surface area (Å²) in [7, 11) is 0. The summed E-state index contributed by atoms with van der Waals surface area (Å²) in [6, 6.07) is 7.93. The molecular formula is C15H18N2O2. The van der Waals surface area contributed by atoms with Crippen LogP contribution in [0.1, 0.15) is 41.8 Å². The molecule has 3 rings (SSSR count). The largest absolute Gasteiger partial charge is 0.382 e. The Labute approximate surface area is 112 Å². The Balaban J connectivity index is 1.90. The van der Waals surface area contributed by atoms with E-state index in [9.17, 15) is 5.11 Å². The van der Waals surface area contributed by atoms with Gasteiger partial charge in [0.1, 0.15) is 6.10 Å². The minimum atomic E-state index is -0.625. The number of nitrogens with zero attached hydrogens (tertiary/aromatic N) is 2. The number of hydrogen-bond donors (Lipinski definition) is 1. The number of aliphatic hydroxyl groups is 1. The molecule has 1 N–H and O–H groups in total. The molecule has 1 unspecified atom stereocenters. The second-order valence-electron chi connectivity index (χ2n) is 4.90. The van der Waals surface area contributed by atoms with Crippen molar-refractivity contribution in [2.24, 2.45) is 0 Å². The monoisotopic (exact) mass is 258 g/mol. The van der Waals surface area contributed by atoms with Crippen molar-refractivity contribution in [2.45, 2.75) is 39.2 Å². The van der Waals surface area contributed by atoms with E-state index < -0.39 is 6.10 Å². The molecule has 4 heteroatoms. The molecule has 1 aromatic heterocycles. The Kier molecular flexibility index (Phi) is 3.36. The predicted molar refractivity (Wildman–Crippen MR) is 71.5 cm³/mol. The fourth-order valence-electron chi connectivity index (χ4n) is 2.51. The number of aromatic nitrogens is 2. The minimum Gasteiger partial charge on any atom is -0.382 e. The van der Waals surface area contributed by atoms with Gasteiger partial charge in [0.2, 0.25) is 0 Å². The Hall–Kier alpha value is -1.65. The summed E-state index contributed by atoms with van der Waals surface area (Å²) in [4.78, 5) is 0. The number of hydrogen-bond acceptors (Lipinski definition) is 3. The van der Waals surface area contributed by atoms with Crippen LogP contribution in [0.25, 0.3) is 0 Å². The molecule has 0 aliphatic carbocycles. The molecule has 0 amide bonds. The molecule has 0 radical (unpaired) electrons. The molecule has 1 aromatic carbocycles. The van der Waals surface area contributed by atoms with Gasteiger partial charge in [-0.3, -0.25) is 4.68 Å². The van der Waals surface area contributed by atoms with E-state index in [1.54, 1.807) is 6.20 Å². The van der Waals surface area contributed by atoms with Gasteiger partial charge in [0, 0.05) is 12.7 Å². The van der Waals surface area contributed by atoms with Crippen molar-refractivity contribution < 1.29 is 9.84 Å². The molecule has 4 nitrogen and oxygen atoms in total. The first kappa shape index (κ1) is 12.4. The second kappa shape index (κ2) is 5.15. The Morgan fingerprint density at radius 3 is 3.00 bits per heavy atom. The van der Waals surface area contributed by atoms with Crippen LogP contribution in [-0.4, -0.2) is 14.9 Å². The number of benzene rings is 1. The van der Waals surface area contributed by atoms with Gasteiger partial charge in [-0.2, -0.15) is 5.10 Å². The van der Waals surface area contributed by atoms with E-state index in [0.29, 0.717) is 13.2 Å². The topological polar surface area (TPSA) is 47.3 Å². The summed E-state index contributed by atoms with van der Waals surface area (Å²) in [6.07, 6.45) is 2.12. The van der Waals surface area contributed by atoms with Crippen molar-refractivity contribution in [3.8, 4) is 0 Å². The summed E-state index contributed by atoms with van der Waals surface area (Å²) in [5.41, 5.74) is 4.15. The van der Waals surface area contributed by atoms with E-state index in [4.69, 9.17) is 4.74 Å². The lowest BCUT2D eigenvalue weighted by molar-refractivity contribution is 0.134. The zero-order valence-corrected chi connectivity index (χ0v) is 11.0. The fraction of sp³-hybridized carbons (Fsp3) is 0.400. The van der Waals surface area contributed by atoms with E-state index in [2.05, 4.69) is 12.0 Å². The standard InChI is InChI=1S/C15H18N2O2/c1-2-7-17-14(5-6-16-17)15(18)11-3-4-12-9-19-10-13(12)8-11/h3-6,8,15,18H,2,7,9-10H2,1H3. The molecule has 1 aliphatic heterocycles. The second-order valence-corrected chi connectivity index (χ2v) is 4.90. The van der Waals surface area contributed by atoms with Gasteiger partial charge in [-0.25, -0.2) is 0 Å². The maximum Gasteiger partial charge on any atom is 0.121 e. The van der Waals surface area contributed by atoms with Crippen molar-refractivity contribution in [2.75, 3.05) is 0 Å². The Morgan fingerprint density at radius 1 is 1.32 bits per heavy atom. The van der Waals surface area contributed by atoms with Gasteiger partial charge in [0.25, 0.3) is 0 Å².